The zero-order chi connectivity index (χ0) is 28.5. The van der Waals surface area contributed by atoms with Gasteiger partial charge in [0.1, 0.15) is 31.8 Å². The Hall–Kier alpha value is -3.56. The van der Waals surface area contributed by atoms with Gasteiger partial charge in [-0.25, -0.2) is 0 Å². The van der Waals surface area contributed by atoms with Gasteiger partial charge in [-0.1, -0.05) is 109 Å². The zero-order valence-electron chi connectivity index (χ0n) is 22.5. The Morgan fingerprint density at radius 2 is 0.390 bits per heavy atom. The molecule has 0 bridgehead atoms. The fraction of sp³-hybridized carbons (Fsp3) is 0. The summed E-state index contributed by atoms with van der Waals surface area (Å²) in [6.45, 7) is 0. The van der Waals surface area contributed by atoms with Gasteiger partial charge in [0.15, 0.2) is 0 Å². The van der Waals surface area contributed by atoms with Gasteiger partial charge in [-0.05, 0) is 72.8 Å². The minimum absolute atomic E-state index is 0.877. The largest absolute Gasteiger partial charge is 0.102 e. The molecule has 0 saturated carbocycles. The van der Waals surface area contributed by atoms with Gasteiger partial charge in [-0.2, -0.15) is 0 Å². The van der Waals surface area contributed by atoms with Crippen LogP contribution in [0.25, 0.3) is 0 Å². The summed E-state index contributed by atoms with van der Waals surface area (Å²) in [6, 6.07) is 65.0. The SMILES string of the molecule is [O]=[Pd]=[O].c1ccc([PH+](c2ccccc2)c2ccccc2)cc1.c1ccc([PH+](c2ccccc2)c2ccccc2)cc1. The maximum Gasteiger partial charge on any atom is 0.102 e. The van der Waals surface area contributed by atoms with E-state index in [9.17, 15) is 0 Å². The third kappa shape index (κ3) is 9.23. The standard InChI is InChI=1S/2C18H15P.2O.Pd/c2*1-4-10-16(11-5-1)19(17-12-6-2-7-13-17)18-14-8-3-9-15-18;;;/h2*1-15H;;;/p+2. The molecular formula is C36H32O2P2Pd+2. The van der Waals surface area contributed by atoms with Gasteiger partial charge in [0.2, 0.25) is 0 Å². The third-order valence-corrected chi connectivity index (χ3v) is 11.8. The van der Waals surface area contributed by atoms with Crippen molar-refractivity contribution in [2.75, 3.05) is 0 Å². The van der Waals surface area contributed by atoms with Gasteiger partial charge in [-0.3, -0.25) is 0 Å². The molecule has 0 aliphatic carbocycles. The summed E-state index contributed by atoms with van der Waals surface area (Å²) in [4.78, 5) is 0. The summed E-state index contributed by atoms with van der Waals surface area (Å²) in [5.41, 5.74) is 0. The second-order valence-corrected chi connectivity index (χ2v) is 14.2. The monoisotopic (exact) mass is 664 g/mol. The molecule has 0 heterocycles. The summed E-state index contributed by atoms with van der Waals surface area (Å²) >= 11 is -1.55. The van der Waals surface area contributed by atoms with Gasteiger partial charge >= 0.3 is 24.8 Å². The van der Waals surface area contributed by atoms with Crippen LogP contribution in [-0.2, 0) is 24.8 Å². The summed E-state index contributed by atoms with van der Waals surface area (Å²) in [7, 11) is -1.75. The molecule has 206 valence electrons. The molecule has 0 aliphatic rings. The molecule has 0 aromatic heterocycles. The number of hydrogen-bond acceptors (Lipinski definition) is 2. The fourth-order valence-corrected chi connectivity index (χ4v) is 9.78. The Labute approximate surface area is 253 Å². The Morgan fingerprint density at radius 1 is 0.268 bits per heavy atom. The van der Waals surface area contributed by atoms with Gasteiger partial charge in [-0.15, -0.1) is 0 Å². The van der Waals surface area contributed by atoms with Crippen molar-refractivity contribution in [2.24, 2.45) is 0 Å². The van der Waals surface area contributed by atoms with Crippen molar-refractivity contribution in [1.82, 2.24) is 0 Å². The molecule has 2 nitrogen and oxygen atoms in total. The van der Waals surface area contributed by atoms with Crippen LogP contribution >= 0.6 is 15.8 Å². The van der Waals surface area contributed by atoms with Gasteiger partial charge < -0.3 is 0 Å². The molecule has 0 fully saturated rings. The van der Waals surface area contributed by atoms with E-state index in [-0.39, 0.29) is 0 Å². The molecule has 0 unspecified atom stereocenters. The van der Waals surface area contributed by atoms with Crippen LogP contribution in [-0.4, -0.2) is 0 Å². The van der Waals surface area contributed by atoms with Gasteiger partial charge in [0.25, 0.3) is 0 Å². The Balaban J connectivity index is 0.000000173. The summed E-state index contributed by atoms with van der Waals surface area (Å²) in [5.74, 6) is 0. The van der Waals surface area contributed by atoms with Crippen LogP contribution in [0.4, 0.5) is 0 Å². The van der Waals surface area contributed by atoms with Crippen molar-refractivity contribution in [1.29, 1.82) is 0 Å². The first kappa shape index (κ1) is 30.4. The number of benzene rings is 6. The normalized spacial score (nSPS) is 10.3. The second-order valence-electron chi connectivity index (χ2n) is 9.00. The van der Waals surface area contributed by atoms with E-state index < -0.39 is 33.7 Å². The van der Waals surface area contributed by atoms with Gasteiger partial charge in [0, 0.05) is 0 Å². The average molecular weight is 665 g/mol. The molecule has 5 heteroatoms. The van der Waals surface area contributed by atoms with Crippen LogP contribution in [0.3, 0.4) is 0 Å². The van der Waals surface area contributed by atoms with Crippen LogP contribution in [0.2, 0.25) is 0 Å². The van der Waals surface area contributed by atoms with Crippen molar-refractivity contribution < 1.29 is 24.8 Å². The summed E-state index contributed by atoms with van der Waals surface area (Å²) in [5, 5.41) is 8.61. The van der Waals surface area contributed by atoms with E-state index >= 15 is 0 Å². The molecule has 6 rings (SSSR count). The van der Waals surface area contributed by atoms with Crippen LogP contribution in [0.1, 0.15) is 0 Å². The predicted molar refractivity (Wildman–Crippen MR) is 174 cm³/mol. The van der Waals surface area contributed by atoms with E-state index in [0.717, 1.165) is 0 Å². The van der Waals surface area contributed by atoms with E-state index in [1.165, 1.54) is 31.8 Å². The molecule has 6 aromatic rings. The Kier molecular flexibility index (Phi) is 12.8. The van der Waals surface area contributed by atoms with Crippen molar-refractivity contribution in [3.05, 3.63) is 182 Å². The summed E-state index contributed by atoms with van der Waals surface area (Å²) < 4.78 is 16.8. The van der Waals surface area contributed by atoms with Crippen LogP contribution in [0, 0.1) is 0 Å². The molecule has 0 saturated heterocycles. The van der Waals surface area contributed by atoms with Crippen LogP contribution in [0.15, 0.2) is 182 Å². The maximum atomic E-state index is 8.43. The number of hydrogen-bond donors (Lipinski definition) is 0. The first-order valence-electron chi connectivity index (χ1n) is 13.2. The zero-order valence-corrected chi connectivity index (χ0v) is 26.0. The quantitative estimate of drug-likeness (QED) is 0.159. The van der Waals surface area contributed by atoms with E-state index in [1.54, 1.807) is 0 Å². The van der Waals surface area contributed by atoms with E-state index in [4.69, 9.17) is 6.94 Å². The molecule has 0 radical (unpaired) electrons. The van der Waals surface area contributed by atoms with Crippen molar-refractivity contribution >= 4 is 47.7 Å². The molecular weight excluding hydrogens is 633 g/mol. The van der Waals surface area contributed by atoms with Crippen LogP contribution < -0.4 is 31.8 Å². The molecule has 0 atom stereocenters. The minimum Gasteiger partial charge on any atom is -0.0620 e. The van der Waals surface area contributed by atoms with Crippen LogP contribution in [0.5, 0.6) is 0 Å². The fourth-order valence-electron chi connectivity index (χ4n) is 4.63. The van der Waals surface area contributed by atoms with Crippen molar-refractivity contribution in [2.45, 2.75) is 0 Å². The van der Waals surface area contributed by atoms with Crippen molar-refractivity contribution in [3.8, 4) is 0 Å². The maximum absolute atomic E-state index is 8.43. The van der Waals surface area contributed by atoms with Gasteiger partial charge in [0.05, 0.1) is 15.8 Å². The third-order valence-electron chi connectivity index (χ3n) is 6.37. The molecule has 0 spiro atoms. The smallest absolute Gasteiger partial charge is 0.0620 e. The van der Waals surface area contributed by atoms with E-state index in [0.29, 0.717) is 0 Å². The molecule has 0 N–H and O–H groups in total. The van der Waals surface area contributed by atoms with E-state index in [1.807, 2.05) is 0 Å². The molecule has 0 amide bonds. The molecule has 41 heavy (non-hydrogen) atoms. The minimum atomic E-state index is -1.55. The first-order valence-corrected chi connectivity index (χ1v) is 17.5. The second kappa shape index (κ2) is 17.3. The molecule has 0 aliphatic heterocycles. The number of rotatable bonds is 6. The van der Waals surface area contributed by atoms with Crippen molar-refractivity contribution in [3.63, 3.8) is 0 Å². The topological polar surface area (TPSA) is 34.1 Å². The average Bonchev–Trinajstić information content (AvgIpc) is 3.05. The summed E-state index contributed by atoms with van der Waals surface area (Å²) in [6.07, 6.45) is 0. The molecule has 6 aromatic carbocycles. The predicted octanol–water partition coefficient (Wildman–Crippen LogP) is 6.11. The Morgan fingerprint density at radius 3 is 0.512 bits per heavy atom. The first-order chi connectivity index (χ1) is 20.3. The Bertz CT molecular complexity index is 1270. The van der Waals surface area contributed by atoms with E-state index in [2.05, 4.69) is 182 Å².